The Kier molecular flexibility index (Phi) is 3.58. The van der Waals surface area contributed by atoms with Crippen molar-refractivity contribution in [3.63, 3.8) is 0 Å². The van der Waals surface area contributed by atoms with Crippen molar-refractivity contribution in [3.05, 3.63) is 0 Å². The number of ether oxygens (including phenoxy) is 1. The van der Waals surface area contributed by atoms with Crippen molar-refractivity contribution in [2.45, 2.75) is 18.9 Å². The molecule has 84 valence electrons. The highest BCUT2D eigenvalue weighted by Gasteiger charge is 2.18. The highest BCUT2D eigenvalue weighted by atomic mass is 32.2. The fourth-order valence-corrected chi connectivity index (χ4v) is 3.48. The summed E-state index contributed by atoms with van der Waals surface area (Å²) in [7, 11) is 1.63. The molecule has 2 rings (SSSR count). The highest BCUT2D eigenvalue weighted by Crippen LogP contribution is 2.36. The monoisotopic (exact) mass is 245 g/mol. The molecule has 0 saturated carbocycles. The van der Waals surface area contributed by atoms with Gasteiger partial charge in [-0.1, -0.05) is 0 Å². The fourth-order valence-electron chi connectivity index (χ4n) is 1.61. The van der Waals surface area contributed by atoms with Crippen LogP contribution in [0.5, 0.6) is 5.75 Å². The van der Waals surface area contributed by atoms with Crippen molar-refractivity contribution in [2.24, 2.45) is 0 Å². The maximum atomic E-state index is 5.69. The Morgan fingerprint density at radius 1 is 1.47 bits per heavy atom. The zero-order chi connectivity index (χ0) is 10.7. The van der Waals surface area contributed by atoms with E-state index in [9.17, 15) is 0 Å². The van der Waals surface area contributed by atoms with Crippen LogP contribution in [-0.4, -0.2) is 29.0 Å². The van der Waals surface area contributed by atoms with Gasteiger partial charge < -0.3 is 15.8 Å². The van der Waals surface area contributed by atoms with E-state index in [1.807, 2.05) is 11.8 Å². The summed E-state index contributed by atoms with van der Waals surface area (Å²) in [5, 5.41) is 4.42. The predicted molar refractivity (Wildman–Crippen MR) is 67.0 cm³/mol. The lowest BCUT2D eigenvalue weighted by Gasteiger charge is -2.22. The molecule has 15 heavy (non-hydrogen) atoms. The lowest BCUT2D eigenvalue weighted by atomic mass is 10.1. The number of aromatic nitrogens is 1. The van der Waals surface area contributed by atoms with Gasteiger partial charge in [0.15, 0.2) is 16.6 Å². The van der Waals surface area contributed by atoms with Crippen molar-refractivity contribution in [3.8, 4) is 5.75 Å². The van der Waals surface area contributed by atoms with E-state index in [1.54, 1.807) is 7.11 Å². The molecule has 1 saturated heterocycles. The minimum atomic E-state index is 0.482. The number of nitrogens with one attached hydrogen (secondary N) is 1. The Balaban J connectivity index is 2.02. The third kappa shape index (κ3) is 2.49. The Bertz CT molecular complexity index is 323. The topological polar surface area (TPSA) is 60.2 Å². The molecule has 1 fully saturated rings. The first-order valence-electron chi connectivity index (χ1n) is 4.94. The summed E-state index contributed by atoms with van der Waals surface area (Å²) in [5.74, 6) is 3.64. The predicted octanol–water partition coefficient (Wildman–Crippen LogP) is 2.04. The Morgan fingerprint density at radius 3 is 2.87 bits per heavy atom. The second-order valence-electron chi connectivity index (χ2n) is 3.46. The van der Waals surface area contributed by atoms with Gasteiger partial charge in [-0.25, -0.2) is 0 Å². The van der Waals surface area contributed by atoms with Gasteiger partial charge in [0, 0.05) is 6.04 Å². The lowest BCUT2D eigenvalue weighted by molar-refractivity contribution is 0.418. The van der Waals surface area contributed by atoms with Crippen LogP contribution in [0.15, 0.2) is 0 Å². The minimum absolute atomic E-state index is 0.482. The van der Waals surface area contributed by atoms with Gasteiger partial charge in [0.25, 0.3) is 0 Å². The average molecular weight is 245 g/mol. The maximum Gasteiger partial charge on any atom is 0.197 e. The number of rotatable bonds is 3. The second kappa shape index (κ2) is 4.94. The van der Waals surface area contributed by atoms with Crippen LogP contribution in [0.25, 0.3) is 0 Å². The van der Waals surface area contributed by atoms with Crippen LogP contribution < -0.4 is 15.8 Å². The van der Waals surface area contributed by atoms with Crippen LogP contribution in [-0.2, 0) is 0 Å². The first-order chi connectivity index (χ1) is 7.31. The van der Waals surface area contributed by atoms with Crippen LogP contribution in [0.1, 0.15) is 12.8 Å². The van der Waals surface area contributed by atoms with Gasteiger partial charge in [-0.3, -0.25) is 0 Å². The summed E-state index contributed by atoms with van der Waals surface area (Å²) < 4.78 is 9.29. The average Bonchev–Trinajstić information content (AvgIpc) is 2.61. The van der Waals surface area contributed by atoms with Gasteiger partial charge in [-0.15, -0.1) is 0 Å². The van der Waals surface area contributed by atoms with Crippen LogP contribution >= 0.6 is 23.3 Å². The van der Waals surface area contributed by atoms with Crippen LogP contribution in [0.4, 0.5) is 10.8 Å². The zero-order valence-electron chi connectivity index (χ0n) is 8.66. The summed E-state index contributed by atoms with van der Waals surface area (Å²) in [6.45, 7) is 0. The molecule has 1 aliphatic heterocycles. The summed E-state index contributed by atoms with van der Waals surface area (Å²) in [4.78, 5) is 0. The Morgan fingerprint density at radius 2 is 2.20 bits per heavy atom. The number of anilines is 2. The van der Waals surface area contributed by atoms with E-state index in [2.05, 4.69) is 9.69 Å². The molecule has 1 aromatic heterocycles. The van der Waals surface area contributed by atoms with E-state index in [4.69, 9.17) is 10.5 Å². The number of hydrogen-bond acceptors (Lipinski definition) is 6. The maximum absolute atomic E-state index is 5.69. The zero-order valence-corrected chi connectivity index (χ0v) is 10.3. The third-order valence-corrected chi connectivity index (χ3v) is 4.26. The molecule has 0 atom stereocenters. The van der Waals surface area contributed by atoms with Gasteiger partial charge in [0.2, 0.25) is 0 Å². The molecule has 4 nitrogen and oxygen atoms in total. The molecule has 6 heteroatoms. The molecule has 2 heterocycles. The quantitative estimate of drug-likeness (QED) is 0.853. The molecule has 0 spiro atoms. The highest BCUT2D eigenvalue weighted by molar-refractivity contribution is 7.99. The summed E-state index contributed by atoms with van der Waals surface area (Å²) >= 11 is 3.39. The summed E-state index contributed by atoms with van der Waals surface area (Å²) in [5.41, 5.74) is 5.69. The summed E-state index contributed by atoms with van der Waals surface area (Å²) in [6, 6.07) is 0.542. The molecule has 0 radical (unpaired) electrons. The standard InChI is InChI=1S/C9H15N3OS2/c1-13-7-8(10)12-15-9(7)11-6-2-4-14-5-3-6/h6,11H,2-5H2,1H3,(H2,10,12). The Labute approximate surface area is 97.7 Å². The lowest BCUT2D eigenvalue weighted by Crippen LogP contribution is -2.24. The number of thioether (sulfide) groups is 1. The van der Waals surface area contributed by atoms with E-state index in [-0.39, 0.29) is 0 Å². The third-order valence-electron chi connectivity index (χ3n) is 2.43. The van der Waals surface area contributed by atoms with Crippen LogP contribution in [0.3, 0.4) is 0 Å². The number of methoxy groups -OCH3 is 1. The molecule has 1 aromatic rings. The molecule has 0 bridgehead atoms. The van der Waals surface area contributed by atoms with Crippen molar-refractivity contribution in [1.29, 1.82) is 0 Å². The van der Waals surface area contributed by atoms with Crippen molar-refractivity contribution < 1.29 is 4.74 Å². The SMILES string of the molecule is COc1c(N)nsc1NC1CCSCC1. The number of nitrogens with zero attached hydrogens (tertiary/aromatic N) is 1. The molecule has 0 amide bonds. The van der Waals surface area contributed by atoms with Gasteiger partial charge in [0.05, 0.1) is 7.11 Å². The molecular weight excluding hydrogens is 230 g/mol. The smallest absolute Gasteiger partial charge is 0.197 e. The van der Waals surface area contributed by atoms with Gasteiger partial charge in [-0.2, -0.15) is 16.1 Å². The molecule has 0 aliphatic carbocycles. The van der Waals surface area contributed by atoms with Gasteiger partial charge >= 0.3 is 0 Å². The first-order valence-corrected chi connectivity index (χ1v) is 6.87. The van der Waals surface area contributed by atoms with Gasteiger partial charge in [0.1, 0.15) is 0 Å². The molecule has 1 aliphatic rings. The number of nitrogen functional groups attached to an aromatic ring is 1. The van der Waals surface area contributed by atoms with Crippen LogP contribution in [0, 0.1) is 0 Å². The van der Waals surface area contributed by atoms with Crippen molar-refractivity contribution >= 4 is 34.1 Å². The Hall–Kier alpha value is -0.620. The second-order valence-corrected chi connectivity index (χ2v) is 5.46. The van der Waals surface area contributed by atoms with Gasteiger partial charge in [-0.05, 0) is 35.9 Å². The minimum Gasteiger partial charge on any atom is -0.490 e. The normalized spacial score (nSPS) is 17.7. The largest absolute Gasteiger partial charge is 0.490 e. The van der Waals surface area contributed by atoms with E-state index >= 15 is 0 Å². The van der Waals surface area contributed by atoms with E-state index in [1.165, 1.54) is 35.9 Å². The number of nitrogens with two attached hydrogens (primary N) is 1. The van der Waals surface area contributed by atoms with Crippen molar-refractivity contribution in [2.75, 3.05) is 29.7 Å². The first kappa shape index (κ1) is 10.9. The van der Waals surface area contributed by atoms with E-state index < -0.39 is 0 Å². The fraction of sp³-hybridized carbons (Fsp3) is 0.667. The van der Waals surface area contributed by atoms with Crippen molar-refractivity contribution in [1.82, 2.24) is 4.37 Å². The number of hydrogen-bond donors (Lipinski definition) is 2. The van der Waals surface area contributed by atoms with Crippen LogP contribution in [0.2, 0.25) is 0 Å². The molecular formula is C9H15N3OS2. The molecule has 0 aromatic carbocycles. The summed E-state index contributed by atoms with van der Waals surface area (Å²) in [6.07, 6.45) is 2.40. The molecule has 0 unspecified atom stereocenters. The van der Waals surface area contributed by atoms with E-state index in [0.717, 1.165) is 5.00 Å². The molecule has 3 N–H and O–H groups in total. The van der Waals surface area contributed by atoms with E-state index in [0.29, 0.717) is 17.6 Å².